The van der Waals surface area contributed by atoms with Crippen molar-refractivity contribution in [2.75, 3.05) is 6.54 Å². The van der Waals surface area contributed by atoms with Crippen molar-refractivity contribution in [1.82, 2.24) is 10.3 Å². The van der Waals surface area contributed by atoms with Gasteiger partial charge in [0.2, 0.25) is 0 Å². The molecule has 0 amide bonds. The van der Waals surface area contributed by atoms with Crippen LogP contribution in [0.1, 0.15) is 45.2 Å². The second-order valence-corrected chi connectivity index (χ2v) is 4.31. The number of hydrogen-bond acceptors (Lipinski definition) is 2. The van der Waals surface area contributed by atoms with Crippen molar-refractivity contribution in [3.63, 3.8) is 0 Å². The normalized spacial score (nSPS) is 14.9. The summed E-state index contributed by atoms with van der Waals surface area (Å²) in [7, 11) is 0. The first-order valence-electron chi connectivity index (χ1n) is 5.87. The van der Waals surface area contributed by atoms with Crippen LogP contribution in [0.25, 0.3) is 0 Å². The summed E-state index contributed by atoms with van der Waals surface area (Å²) in [5.41, 5.74) is 1.26. The molecule has 1 rings (SSSR count). The van der Waals surface area contributed by atoms with E-state index in [1.807, 2.05) is 18.5 Å². The largest absolute Gasteiger partial charge is 0.310 e. The summed E-state index contributed by atoms with van der Waals surface area (Å²) in [5, 5.41) is 3.54. The highest BCUT2D eigenvalue weighted by atomic mass is 14.9. The Morgan fingerprint density at radius 2 is 2.20 bits per heavy atom. The molecule has 1 N–H and O–H groups in total. The van der Waals surface area contributed by atoms with E-state index in [0.717, 1.165) is 12.5 Å². The summed E-state index contributed by atoms with van der Waals surface area (Å²) in [6, 6.07) is 4.51. The molecule has 2 heteroatoms. The zero-order valence-corrected chi connectivity index (χ0v) is 10.0. The van der Waals surface area contributed by atoms with Gasteiger partial charge in [0, 0.05) is 18.4 Å². The van der Waals surface area contributed by atoms with Crippen molar-refractivity contribution in [2.24, 2.45) is 5.92 Å². The summed E-state index contributed by atoms with van der Waals surface area (Å²) in [4.78, 5) is 4.13. The van der Waals surface area contributed by atoms with Gasteiger partial charge in [-0.2, -0.15) is 0 Å². The van der Waals surface area contributed by atoms with Gasteiger partial charge in [-0.1, -0.05) is 26.3 Å². The van der Waals surface area contributed by atoms with Gasteiger partial charge < -0.3 is 5.32 Å². The molecule has 2 atom stereocenters. The molecule has 0 aromatic carbocycles. The molecular formula is C13H22N2. The lowest BCUT2D eigenvalue weighted by Gasteiger charge is -2.17. The quantitative estimate of drug-likeness (QED) is 0.773. The summed E-state index contributed by atoms with van der Waals surface area (Å²) in [6.07, 6.45) is 6.31. The Bertz CT molecular complexity index is 258. The van der Waals surface area contributed by atoms with E-state index in [0.29, 0.717) is 6.04 Å². The van der Waals surface area contributed by atoms with E-state index in [1.165, 1.54) is 18.4 Å². The van der Waals surface area contributed by atoms with Crippen molar-refractivity contribution >= 4 is 0 Å². The topological polar surface area (TPSA) is 24.9 Å². The van der Waals surface area contributed by atoms with Crippen molar-refractivity contribution in [3.05, 3.63) is 30.1 Å². The lowest BCUT2D eigenvalue weighted by Crippen LogP contribution is -2.24. The lowest BCUT2D eigenvalue weighted by atomic mass is 10.1. The first-order valence-corrected chi connectivity index (χ1v) is 5.87. The molecule has 0 saturated carbocycles. The molecule has 1 unspecified atom stereocenters. The number of nitrogens with zero attached hydrogens (tertiary/aromatic N) is 1. The second-order valence-electron chi connectivity index (χ2n) is 4.31. The Labute approximate surface area is 93.1 Å². The third kappa shape index (κ3) is 4.43. The van der Waals surface area contributed by atoms with Crippen molar-refractivity contribution < 1.29 is 0 Å². The van der Waals surface area contributed by atoms with E-state index < -0.39 is 0 Å². The summed E-state index contributed by atoms with van der Waals surface area (Å²) < 4.78 is 0. The predicted molar refractivity (Wildman–Crippen MR) is 64.7 cm³/mol. The molecule has 2 nitrogen and oxygen atoms in total. The fourth-order valence-electron chi connectivity index (χ4n) is 1.72. The third-order valence-corrected chi connectivity index (χ3v) is 2.74. The fourth-order valence-corrected chi connectivity index (χ4v) is 1.72. The van der Waals surface area contributed by atoms with Crippen LogP contribution in [0.5, 0.6) is 0 Å². The Balaban J connectivity index is 2.33. The molecule has 15 heavy (non-hydrogen) atoms. The minimum absolute atomic E-state index is 0.401. The van der Waals surface area contributed by atoms with Gasteiger partial charge in [-0.3, -0.25) is 4.98 Å². The van der Waals surface area contributed by atoms with Crippen LogP contribution in [0.4, 0.5) is 0 Å². The number of aromatic nitrogens is 1. The molecule has 0 spiro atoms. The average Bonchev–Trinajstić information content (AvgIpc) is 2.27. The standard InChI is InChI=1S/C13H22N2/c1-4-6-11(2)9-15-12(3)13-7-5-8-14-10-13/h5,7-8,10-12,15H,4,6,9H2,1-3H3/t11?,12-/m0/s1. The van der Waals surface area contributed by atoms with Crippen LogP contribution in [0.3, 0.4) is 0 Å². The zero-order valence-electron chi connectivity index (χ0n) is 10.0. The van der Waals surface area contributed by atoms with Gasteiger partial charge in [-0.25, -0.2) is 0 Å². The molecule has 84 valence electrons. The Kier molecular flexibility index (Phi) is 5.33. The monoisotopic (exact) mass is 206 g/mol. The maximum atomic E-state index is 4.13. The first kappa shape index (κ1) is 12.2. The van der Waals surface area contributed by atoms with Crippen LogP contribution in [0.15, 0.2) is 24.5 Å². The van der Waals surface area contributed by atoms with Crippen molar-refractivity contribution in [3.8, 4) is 0 Å². The minimum Gasteiger partial charge on any atom is -0.310 e. The van der Waals surface area contributed by atoms with Gasteiger partial charge in [0.05, 0.1) is 0 Å². The van der Waals surface area contributed by atoms with Gasteiger partial charge in [-0.05, 0) is 37.4 Å². The molecule has 0 radical (unpaired) electrons. The van der Waals surface area contributed by atoms with E-state index >= 15 is 0 Å². The smallest absolute Gasteiger partial charge is 0.0315 e. The van der Waals surface area contributed by atoms with Crippen LogP contribution in [0, 0.1) is 5.92 Å². The van der Waals surface area contributed by atoms with Crippen LogP contribution in [-0.4, -0.2) is 11.5 Å². The number of rotatable bonds is 6. The lowest BCUT2D eigenvalue weighted by molar-refractivity contribution is 0.443. The molecule has 0 aliphatic carbocycles. The maximum Gasteiger partial charge on any atom is 0.0315 e. The average molecular weight is 206 g/mol. The Morgan fingerprint density at radius 3 is 2.80 bits per heavy atom. The van der Waals surface area contributed by atoms with Crippen molar-refractivity contribution in [2.45, 2.75) is 39.7 Å². The van der Waals surface area contributed by atoms with Crippen LogP contribution < -0.4 is 5.32 Å². The van der Waals surface area contributed by atoms with Gasteiger partial charge in [0.15, 0.2) is 0 Å². The zero-order chi connectivity index (χ0) is 11.1. The van der Waals surface area contributed by atoms with E-state index in [-0.39, 0.29) is 0 Å². The van der Waals surface area contributed by atoms with E-state index in [9.17, 15) is 0 Å². The Hall–Kier alpha value is -0.890. The highest BCUT2D eigenvalue weighted by Crippen LogP contribution is 2.11. The molecule has 0 aliphatic heterocycles. The molecule has 1 aromatic heterocycles. The molecule has 1 heterocycles. The molecular weight excluding hydrogens is 184 g/mol. The van der Waals surface area contributed by atoms with E-state index in [4.69, 9.17) is 0 Å². The van der Waals surface area contributed by atoms with E-state index in [1.54, 1.807) is 0 Å². The summed E-state index contributed by atoms with van der Waals surface area (Å²) in [6.45, 7) is 7.81. The second kappa shape index (κ2) is 6.57. The van der Waals surface area contributed by atoms with Crippen LogP contribution in [0.2, 0.25) is 0 Å². The fraction of sp³-hybridized carbons (Fsp3) is 0.615. The Morgan fingerprint density at radius 1 is 1.40 bits per heavy atom. The number of nitrogens with one attached hydrogen (secondary N) is 1. The van der Waals surface area contributed by atoms with Gasteiger partial charge in [-0.15, -0.1) is 0 Å². The summed E-state index contributed by atoms with van der Waals surface area (Å²) in [5.74, 6) is 0.758. The molecule has 0 aliphatic rings. The molecule has 0 fully saturated rings. The number of hydrogen-bond donors (Lipinski definition) is 1. The summed E-state index contributed by atoms with van der Waals surface area (Å²) >= 11 is 0. The van der Waals surface area contributed by atoms with Gasteiger partial charge >= 0.3 is 0 Å². The van der Waals surface area contributed by atoms with Gasteiger partial charge in [0.1, 0.15) is 0 Å². The van der Waals surface area contributed by atoms with Gasteiger partial charge in [0.25, 0.3) is 0 Å². The third-order valence-electron chi connectivity index (χ3n) is 2.74. The molecule has 0 saturated heterocycles. The minimum atomic E-state index is 0.401. The molecule has 1 aromatic rings. The SMILES string of the molecule is CCCC(C)CN[C@@H](C)c1cccnc1. The first-order chi connectivity index (χ1) is 7.24. The van der Waals surface area contributed by atoms with E-state index in [2.05, 4.69) is 37.1 Å². The number of pyridine rings is 1. The van der Waals surface area contributed by atoms with Crippen LogP contribution in [-0.2, 0) is 0 Å². The van der Waals surface area contributed by atoms with Crippen molar-refractivity contribution in [1.29, 1.82) is 0 Å². The predicted octanol–water partition coefficient (Wildman–Crippen LogP) is 3.17. The van der Waals surface area contributed by atoms with Crippen LogP contribution >= 0.6 is 0 Å². The highest BCUT2D eigenvalue weighted by molar-refractivity contribution is 5.12. The molecule has 0 bridgehead atoms. The highest BCUT2D eigenvalue weighted by Gasteiger charge is 2.06. The maximum absolute atomic E-state index is 4.13.